The number of hydrogen-bond donors (Lipinski definition) is 1. The molecule has 1 N–H and O–H groups in total. The van der Waals surface area contributed by atoms with Crippen molar-refractivity contribution < 1.29 is 19.4 Å². The standard InChI is InChI=1S/C19H25N5O4/c1-2-15(25)14-11-17-20-16(22-7-3-4-8-22)12-18(24(17)21-14)23(19(26)27)13-5-9-28-10-6-13/h11-13H,2-10H2,1H3,(H,26,27). The van der Waals surface area contributed by atoms with Crippen molar-refractivity contribution in [3.63, 3.8) is 0 Å². The highest BCUT2D eigenvalue weighted by Gasteiger charge is 2.31. The summed E-state index contributed by atoms with van der Waals surface area (Å²) in [6, 6.07) is 3.24. The minimum atomic E-state index is -1.04. The van der Waals surface area contributed by atoms with Crippen molar-refractivity contribution in [2.24, 2.45) is 0 Å². The summed E-state index contributed by atoms with van der Waals surface area (Å²) in [7, 11) is 0. The third-order valence-corrected chi connectivity index (χ3v) is 5.44. The van der Waals surface area contributed by atoms with Crippen molar-refractivity contribution in [1.29, 1.82) is 0 Å². The first-order chi connectivity index (χ1) is 13.6. The van der Waals surface area contributed by atoms with Crippen molar-refractivity contribution >= 4 is 29.2 Å². The molecule has 2 fully saturated rings. The van der Waals surface area contributed by atoms with Crippen LogP contribution in [0.15, 0.2) is 12.1 Å². The summed E-state index contributed by atoms with van der Waals surface area (Å²) in [4.78, 5) is 32.6. The number of ether oxygens (including phenoxy) is 1. The van der Waals surface area contributed by atoms with Gasteiger partial charge in [-0.3, -0.25) is 9.69 Å². The maximum Gasteiger partial charge on any atom is 0.413 e. The molecule has 9 heteroatoms. The third-order valence-electron chi connectivity index (χ3n) is 5.44. The van der Waals surface area contributed by atoms with E-state index in [1.807, 2.05) is 0 Å². The second kappa shape index (κ2) is 7.75. The van der Waals surface area contributed by atoms with E-state index in [0.717, 1.165) is 31.7 Å². The predicted molar refractivity (Wildman–Crippen MR) is 103 cm³/mol. The molecule has 0 aromatic carbocycles. The van der Waals surface area contributed by atoms with E-state index in [-0.39, 0.29) is 11.8 Å². The van der Waals surface area contributed by atoms with Crippen molar-refractivity contribution in [1.82, 2.24) is 14.6 Å². The number of aromatic nitrogens is 3. The molecular weight excluding hydrogens is 362 g/mol. The zero-order valence-corrected chi connectivity index (χ0v) is 16.0. The van der Waals surface area contributed by atoms with Gasteiger partial charge in [-0.1, -0.05) is 6.92 Å². The SMILES string of the molecule is CCC(=O)c1cc2nc(N3CCCC3)cc(N(C(=O)O)C3CCOCC3)n2n1. The number of carboxylic acid groups (broad SMARTS) is 1. The largest absolute Gasteiger partial charge is 0.465 e. The fourth-order valence-electron chi connectivity index (χ4n) is 3.93. The van der Waals surface area contributed by atoms with Crippen molar-refractivity contribution in [3.05, 3.63) is 17.8 Å². The van der Waals surface area contributed by atoms with Gasteiger partial charge in [0, 0.05) is 50.9 Å². The lowest BCUT2D eigenvalue weighted by atomic mass is 10.1. The van der Waals surface area contributed by atoms with Crippen LogP contribution < -0.4 is 9.80 Å². The number of anilines is 2. The molecule has 0 atom stereocenters. The number of amides is 1. The average molecular weight is 387 g/mol. The van der Waals surface area contributed by atoms with E-state index in [9.17, 15) is 14.7 Å². The third kappa shape index (κ3) is 3.42. The first-order valence-electron chi connectivity index (χ1n) is 9.87. The summed E-state index contributed by atoms with van der Waals surface area (Å²) in [6.07, 6.45) is 2.72. The molecule has 0 aliphatic carbocycles. The number of Topliss-reactive ketones (excluding diaryl/α,β-unsaturated/α-hetero) is 1. The highest BCUT2D eigenvalue weighted by molar-refractivity contribution is 5.95. The Morgan fingerprint density at radius 3 is 2.61 bits per heavy atom. The molecule has 0 unspecified atom stereocenters. The van der Waals surface area contributed by atoms with Crippen LogP contribution in [0.25, 0.3) is 5.65 Å². The number of fused-ring (bicyclic) bond motifs is 1. The monoisotopic (exact) mass is 387 g/mol. The Bertz CT molecular complexity index is 884. The van der Waals surface area contributed by atoms with Gasteiger partial charge in [-0.05, 0) is 25.7 Å². The second-order valence-electron chi connectivity index (χ2n) is 7.24. The van der Waals surface area contributed by atoms with Gasteiger partial charge in [0.1, 0.15) is 17.3 Å². The van der Waals surface area contributed by atoms with Crippen LogP contribution in [0.1, 0.15) is 49.5 Å². The Morgan fingerprint density at radius 1 is 1.25 bits per heavy atom. The molecule has 4 rings (SSSR count). The Hall–Kier alpha value is -2.68. The van der Waals surface area contributed by atoms with Gasteiger partial charge in [0.05, 0.1) is 0 Å². The highest BCUT2D eigenvalue weighted by atomic mass is 16.5. The molecule has 2 aliphatic rings. The predicted octanol–water partition coefficient (Wildman–Crippen LogP) is 2.59. The maximum absolute atomic E-state index is 12.2. The van der Waals surface area contributed by atoms with E-state index in [2.05, 4.69) is 15.0 Å². The summed E-state index contributed by atoms with van der Waals surface area (Å²) in [5.41, 5.74) is 0.807. The van der Waals surface area contributed by atoms with Gasteiger partial charge in [0.15, 0.2) is 11.4 Å². The van der Waals surface area contributed by atoms with Crippen LogP contribution in [-0.4, -0.2) is 63.9 Å². The Morgan fingerprint density at radius 2 is 1.96 bits per heavy atom. The smallest absolute Gasteiger partial charge is 0.413 e. The van der Waals surface area contributed by atoms with Crippen LogP contribution in [0, 0.1) is 0 Å². The van der Waals surface area contributed by atoms with E-state index in [0.29, 0.717) is 49.6 Å². The lowest BCUT2D eigenvalue weighted by molar-refractivity contribution is 0.0836. The fraction of sp³-hybridized carbons (Fsp3) is 0.579. The quantitative estimate of drug-likeness (QED) is 0.787. The zero-order chi connectivity index (χ0) is 19.7. The number of rotatable bonds is 5. The van der Waals surface area contributed by atoms with Gasteiger partial charge < -0.3 is 14.7 Å². The van der Waals surface area contributed by atoms with Crippen molar-refractivity contribution in [2.75, 3.05) is 36.1 Å². The molecule has 4 heterocycles. The molecule has 9 nitrogen and oxygen atoms in total. The number of ketones is 1. The van der Waals surface area contributed by atoms with Gasteiger partial charge in [0.25, 0.3) is 0 Å². The molecule has 2 aromatic heterocycles. The average Bonchev–Trinajstić information content (AvgIpc) is 3.37. The van der Waals surface area contributed by atoms with Crippen LogP contribution in [0.3, 0.4) is 0 Å². The minimum Gasteiger partial charge on any atom is -0.465 e. The summed E-state index contributed by atoms with van der Waals surface area (Å²) >= 11 is 0. The molecule has 0 radical (unpaired) electrons. The van der Waals surface area contributed by atoms with E-state index in [1.54, 1.807) is 19.1 Å². The van der Waals surface area contributed by atoms with Crippen LogP contribution >= 0.6 is 0 Å². The summed E-state index contributed by atoms with van der Waals surface area (Å²) < 4.78 is 6.89. The molecular formula is C19H25N5O4. The fourth-order valence-corrected chi connectivity index (χ4v) is 3.93. The van der Waals surface area contributed by atoms with Gasteiger partial charge in [-0.25, -0.2) is 9.78 Å². The van der Waals surface area contributed by atoms with Crippen LogP contribution in [0.4, 0.5) is 16.4 Å². The van der Waals surface area contributed by atoms with E-state index in [4.69, 9.17) is 4.74 Å². The molecule has 2 aliphatic heterocycles. The molecule has 1 amide bonds. The first-order valence-corrected chi connectivity index (χ1v) is 9.87. The summed E-state index contributed by atoms with van der Waals surface area (Å²) in [5.74, 6) is 1.07. The normalized spacial score (nSPS) is 18.0. The van der Waals surface area contributed by atoms with E-state index in [1.165, 1.54) is 9.42 Å². The van der Waals surface area contributed by atoms with Gasteiger partial charge >= 0.3 is 6.09 Å². The second-order valence-corrected chi connectivity index (χ2v) is 7.24. The minimum absolute atomic E-state index is 0.0906. The number of carbonyl (C=O) groups excluding carboxylic acids is 1. The van der Waals surface area contributed by atoms with Gasteiger partial charge in [0.2, 0.25) is 0 Å². The molecule has 28 heavy (non-hydrogen) atoms. The molecule has 150 valence electrons. The highest BCUT2D eigenvalue weighted by Crippen LogP contribution is 2.29. The maximum atomic E-state index is 12.2. The van der Waals surface area contributed by atoms with Gasteiger partial charge in [-0.2, -0.15) is 9.61 Å². The van der Waals surface area contributed by atoms with E-state index >= 15 is 0 Å². The van der Waals surface area contributed by atoms with Crippen LogP contribution in [-0.2, 0) is 4.74 Å². The van der Waals surface area contributed by atoms with Crippen LogP contribution in [0.2, 0.25) is 0 Å². The topological polar surface area (TPSA) is 100 Å². The summed E-state index contributed by atoms with van der Waals surface area (Å²) in [6.45, 7) is 4.62. The Balaban J connectivity index is 1.85. The number of hydrogen-bond acceptors (Lipinski definition) is 6. The van der Waals surface area contributed by atoms with E-state index < -0.39 is 6.09 Å². The molecule has 0 spiro atoms. The number of carbonyl (C=O) groups is 2. The lowest BCUT2D eigenvalue weighted by Crippen LogP contribution is -2.44. The molecule has 0 bridgehead atoms. The summed E-state index contributed by atoms with van der Waals surface area (Å²) in [5, 5.41) is 14.4. The van der Waals surface area contributed by atoms with Gasteiger partial charge in [-0.15, -0.1) is 0 Å². The molecule has 0 saturated carbocycles. The molecule has 2 saturated heterocycles. The first kappa shape index (κ1) is 18.7. The molecule has 2 aromatic rings. The zero-order valence-electron chi connectivity index (χ0n) is 16.0. The van der Waals surface area contributed by atoms with Crippen LogP contribution in [0.5, 0.6) is 0 Å². The van der Waals surface area contributed by atoms with Crippen molar-refractivity contribution in [3.8, 4) is 0 Å². The van der Waals surface area contributed by atoms with Crippen molar-refractivity contribution in [2.45, 2.75) is 45.1 Å². The Labute approximate surface area is 162 Å². The Kier molecular flexibility index (Phi) is 5.17. The lowest BCUT2D eigenvalue weighted by Gasteiger charge is -2.32. The number of nitrogens with zero attached hydrogens (tertiary/aromatic N) is 5.